The number of carbonyl (C=O) groups is 2. The summed E-state index contributed by atoms with van der Waals surface area (Å²) in [6, 6.07) is 13.2. The molecule has 1 N–H and O–H groups in total. The summed E-state index contributed by atoms with van der Waals surface area (Å²) in [5.41, 5.74) is 3.35. The number of thiazole rings is 1. The van der Waals surface area contributed by atoms with Crippen LogP contribution < -0.4 is 5.32 Å². The molecule has 1 aliphatic heterocycles. The topological polar surface area (TPSA) is 62.3 Å². The largest absolute Gasteiger partial charge is 0.338 e. The fourth-order valence-corrected chi connectivity index (χ4v) is 4.04. The van der Waals surface area contributed by atoms with Crippen LogP contribution in [0.25, 0.3) is 10.2 Å². The van der Waals surface area contributed by atoms with Crippen LogP contribution in [0.4, 0.5) is 5.69 Å². The number of hydrogen-bond acceptors (Lipinski definition) is 4. The Morgan fingerprint density at radius 3 is 2.77 bits per heavy atom. The summed E-state index contributed by atoms with van der Waals surface area (Å²) < 4.78 is 1.06. The van der Waals surface area contributed by atoms with Crippen molar-refractivity contribution in [2.75, 3.05) is 11.9 Å². The van der Waals surface area contributed by atoms with Crippen LogP contribution in [0.5, 0.6) is 0 Å². The second-order valence-electron chi connectivity index (χ2n) is 6.49. The molecule has 132 valence electrons. The van der Waals surface area contributed by atoms with E-state index in [-0.39, 0.29) is 11.8 Å². The van der Waals surface area contributed by atoms with Crippen LogP contribution >= 0.6 is 11.3 Å². The van der Waals surface area contributed by atoms with Gasteiger partial charge in [-0.15, -0.1) is 11.3 Å². The van der Waals surface area contributed by atoms with Gasteiger partial charge in [0.2, 0.25) is 5.91 Å². The Kier molecular flexibility index (Phi) is 4.42. The van der Waals surface area contributed by atoms with Crippen LogP contribution in [0.1, 0.15) is 33.8 Å². The standard InChI is InChI=1S/C20H19N3O2S/c1-13-21-17-9-8-16(11-18(17)26-13)22-20(25)15-6-4-14(5-7-15)12-23-10-2-3-19(23)24/h4-9,11H,2-3,10,12H2,1H3,(H,22,25). The van der Waals surface area contributed by atoms with Crippen molar-refractivity contribution >= 4 is 39.1 Å². The summed E-state index contributed by atoms with van der Waals surface area (Å²) in [5, 5.41) is 3.94. The molecular formula is C20H19N3O2S. The molecule has 3 aromatic rings. The predicted octanol–water partition coefficient (Wildman–Crippen LogP) is 3.98. The molecule has 0 radical (unpaired) electrons. The SMILES string of the molecule is Cc1nc2ccc(NC(=O)c3ccc(CN4CCCC4=O)cc3)cc2s1. The van der Waals surface area contributed by atoms with Gasteiger partial charge in [0.05, 0.1) is 15.2 Å². The van der Waals surface area contributed by atoms with Crippen molar-refractivity contribution in [1.82, 2.24) is 9.88 Å². The summed E-state index contributed by atoms with van der Waals surface area (Å²) in [6.07, 6.45) is 1.58. The second kappa shape index (κ2) is 6.88. The molecule has 6 heteroatoms. The van der Waals surface area contributed by atoms with Gasteiger partial charge < -0.3 is 10.2 Å². The zero-order chi connectivity index (χ0) is 18.1. The lowest BCUT2D eigenvalue weighted by Crippen LogP contribution is -2.23. The number of hydrogen-bond donors (Lipinski definition) is 1. The maximum atomic E-state index is 12.5. The number of nitrogens with zero attached hydrogens (tertiary/aromatic N) is 2. The molecule has 4 rings (SSSR count). The summed E-state index contributed by atoms with van der Waals surface area (Å²) in [5.74, 6) is 0.0647. The number of aryl methyl sites for hydroxylation is 1. The average molecular weight is 365 g/mol. The summed E-state index contributed by atoms with van der Waals surface area (Å²) in [4.78, 5) is 30.5. The Balaban J connectivity index is 1.44. The van der Waals surface area contributed by atoms with Gasteiger partial charge in [-0.2, -0.15) is 0 Å². The first-order valence-electron chi connectivity index (χ1n) is 8.64. The summed E-state index contributed by atoms with van der Waals surface area (Å²) in [6.45, 7) is 3.41. The van der Waals surface area contributed by atoms with E-state index >= 15 is 0 Å². The number of benzene rings is 2. The predicted molar refractivity (Wildman–Crippen MR) is 103 cm³/mol. The van der Waals surface area contributed by atoms with Crippen LogP contribution in [0.15, 0.2) is 42.5 Å². The first-order valence-corrected chi connectivity index (χ1v) is 9.45. The van der Waals surface area contributed by atoms with Gasteiger partial charge in [0.25, 0.3) is 5.91 Å². The average Bonchev–Trinajstić information content (AvgIpc) is 3.19. The number of fused-ring (bicyclic) bond motifs is 1. The first-order chi connectivity index (χ1) is 12.6. The molecule has 2 aromatic carbocycles. The molecule has 1 aromatic heterocycles. The third kappa shape index (κ3) is 3.46. The minimum atomic E-state index is -0.144. The van der Waals surface area contributed by atoms with Crippen LogP contribution in [0.2, 0.25) is 0 Å². The molecule has 0 saturated carbocycles. The van der Waals surface area contributed by atoms with Crippen LogP contribution in [-0.2, 0) is 11.3 Å². The molecule has 0 aliphatic carbocycles. The maximum absolute atomic E-state index is 12.5. The quantitative estimate of drug-likeness (QED) is 0.761. The Morgan fingerprint density at radius 1 is 1.23 bits per heavy atom. The van der Waals surface area contributed by atoms with E-state index < -0.39 is 0 Å². The minimum absolute atomic E-state index is 0.144. The summed E-state index contributed by atoms with van der Waals surface area (Å²) >= 11 is 1.61. The highest BCUT2D eigenvalue weighted by atomic mass is 32.1. The van der Waals surface area contributed by atoms with E-state index in [0.717, 1.165) is 39.4 Å². The number of nitrogens with one attached hydrogen (secondary N) is 1. The maximum Gasteiger partial charge on any atom is 0.255 e. The van der Waals surface area contributed by atoms with Crippen LogP contribution in [0, 0.1) is 6.92 Å². The molecule has 0 spiro atoms. The molecule has 26 heavy (non-hydrogen) atoms. The van der Waals surface area contributed by atoms with Crippen molar-refractivity contribution in [3.8, 4) is 0 Å². The van der Waals surface area contributed by atoms with Gasteiger partial charge in [-0.1, -0.05) is 12.1 Å². The number of carbonyl (C=O) groups excluding carboxylic acids is 2. The molecule has 2 heterocycles. The zero-order valence-corrected chi connectivity index (χ0v) is 15.3. The van der Waals surface area contributed by atoms with E-state index in [1.807, 2.05) is 42.2 Å². The number of likely N-dealkylation sites (tertiary alicyclic amines) is 1. The normalized spacial score (nSPS) is 14.2. The van der Waals surface area contributed by atoms with E-state index in [0.29, 0.717) is 18.5 Å². The Hall–Kier alpha value is -2.73. The fourth-order valence-electron chi connectivity index (χ4n) is 3.17. The first kappa shape index (κ1) is 16.7. The molecule has 1 aliphatic rings. The van der Waals surface area contributed by atoms with Crippen molar-refractivity contribution < 1.29 is 9.59 Å². The third-order valence-electron chi connectivity index (χ3n) is 4.51. The van der Waals surface area contributed by atoms with Crippen molar-refractivity contribution in [1.29, 1.82) is 0 Å². The minimum Gasteiger partial charge on any atom is -0.338 e. The monoisotopic (exact) mass is 365 g/mol. The van der Waals surface area contributed by atoms with Crippen molar-refractivity contribution in [3.05, 3.63) is 58.6 Å². The Labute approximate surface area is 155 Å². The molecule has 0 bridgehead atoms. The van der Waals surface area contributed by atoms with Crippen molar-refractivity contribution in [2.45, 2.75) is 26.3 Å². The number of anilines is 1. The van der Waals surface area contributed by atoms with Gasteiger partial charge in [-0.25, -0.2) is 4.98 Å². The smallest absolute Gasteiger partial charge is 0.255 e. The van der Waals surface area contributed by atoms with Crippen molar-refractivity contribution in [2.24, 2.45) is 0 Å². The molecule has 0 unspecified atom stereocenters. The van der Waals surface area contributed by atoms with Gasteiger partial charge in [0.15, 0.2) is 0 Å². The molecular weight excluding hydrogens is 346 g/mol. The lowest BCUT2D eigenvalue weighted by molar-refractivity contribution is -0.128. The van der Waals surface area contributed by atoms with Gasteiger partial charge in [-0.3, -0.25) is 9.59 Å². The molecule has 1 saturated heterocycles. The van der Waals surface area contributed by atoms with E-state index in [2.05, 4.69) is 10.3 Å². The van der Waals surface area contributed by atoms with Gasteiger partial charge in [0, 0.05) is 30.8 Å². The van der Waals surface area contributed by atoms with E-state index in [4.69, 9.17) is 0 Å². The van der Waals surface area contributed by atoms with Gasteiger partial charge in [-0.05, 0) is 49.2 Å². The highest BCUT2D eigenvalue weighted by Gasteiger charge is 2.20. The van der Waals surface area contributed by atoms with Crippen molar-refractivity contribution in [3.63, 3.8) is 0 Å². The number of rotatable bonds is 4. The number of aromatic nitrogens is 1. The molecule has 5 nitrogen and oxygen atoms in total. The van der Waals surface area contributed by atoms with E-state index in [9.17, 15) is 9.59 Å². The van der Waals surface area contributed by atoms with Crippen LogP contribution in [0.3, 0.4) is 0 Å². The van der Waals surface area contributed by atoms with Gasteiger partial charge >= 0.3 is 0 Å². The third-order valence-corrected chi connectivity index (χ3v) is 5.45. The Bertz CT molecular complexity index is 978. The van der Waals surface area contributed by atoms with Gasteiger partial charge in [0.1, 0.15) is 0 Å². The zero-order valence-electron chi connectivity index (χ0n) is 14.5. The Morgan fingerprint density at radius 2 is 2.04 bits per heavy atom. The summed E-state index contributed by atoms with van der Waals surface area (Å²) in [7, 11) is 0. The highest BCUT2D eigenvalue weighted by Crippen LogP contribution is 2.25. The second-order valence-corrected chi connectivity index (χ2v) is 7.72. The fraction of sp³-hybridized carbons (Fsp3) is 0.250. The highest BCUT2D eigenvalue weighted by molar-refractivity contribution is 7.18. The molecule has 1 fully saturated rings. The van der Waals surface area contributed by atoms with Crippen LogP contribution in [-0.4, -0.2) is 28.2 Å². The lowest BCUT2D eigenvalue weighted by atomic mass is 10.1. The molecule has 2 amide bonds. The lowest BCUT2D eigenvalue weighted by Gasteiger charge is -2.15. The molecule has 0 atom stereocenters. The number of amides is 2. The van der Waals surface area contributed by atoms with E-state index in [1.165, 1.54) is 0 Å². The van der Waals surface area contributed by atoms with E-state index in [1.54, 1.807) is 23.5 Å².